The number of aromatic amines is 1. The fourth-order valence-electron chi connectivity index (χ4n) is 2.96. The van der Waals surface area contributed by atoms with Gasteiger partial charge in [-0.15, -0.1) is 0 Å². The highest BCUT2D eigenvalue weighted by Gasteiger charge is 2.19. The van der Waals surface area contributed by atoms with Crippen molar-refractivity contribution in [2.24, 2.45) is 0 Å². The molecule has 0 aliphatic carbocycles. The van der Waals surface area contributed by atoms with Crippen molar-refractivity contribution >= 4 is 0 Å². The van der Waals surface area contributed by atoms with Crippen LogP contribution in [-0.4, -0.2) is 18.7 Å². The molecule has 0 saturated carbocycles. The topological polar surface area (TPSA) is 48.8 Å². The normalized spacial score (nSPS) is 10.7. The second kappa shape index (κ2) is 6.81. The van der Waals surface area contributed by atoms with Gasteiger partial charge in [0.15, 0.2) is 0 Å². The zero-order valence-electron chi connectivity index (χ0n) is 14.1. The van der Waals surface area contributed by atoms with Crippen molar-refractivity contribution in [2.75, 3.05) is 13.7 Å². The summed E-state index contributed by atoms with van der Waals surface area (Å²) >= 11 is 0. The average molecular weight is 296 g/mol. The third-order valence-electron chi connectivity index (χ3n) is 4.53. The van der Waals surface area contributed by atoms with Gasteiger partial charge >= 0.3 is 0 Å². The number of nitrogens with zero attached hydrogens (tertiary/aromatic N) is 1. The van der Waals surface area contributed by atoms with Crippen LogP contribution in [-0.2, 0) is 17.6 Å². The van der Waals surface area contributed by atoms with Crippen LogP contribution in [0.25, 0.3) is 11.1 Å². The first kappa shape index (κ1) is 16.3. The molecule has 1 aromatic carbocycles. The van der Waals surface area contributed by atoms with E-state index in [0.29, 0.717) is 12.3 Å². The number of rotatable bonds is 5. The fourth-order valence-corrected chi connectivity index (χ4v) is 2.96. The second-order valence-corrected chi connectivity index (χ2v) is 5.72. The van der Waals surface area contributed by atoms with Gasteiger partial charge in [0.1, 0.15) is 11.8 Å². The van der Waals surface area contributed by atoms with Crippen LogP contribution in [0.4, 0.5) is 0 Å². The number of H-pyrrole nitrogens is 1. The number of aromatic nitrogens is 1. The number of hydrogen-bond donors (Lipinski definition) is 1. The predicted molar refractivity (Wildman–Crippen MR) is 90.1 cm³/mol. The maximum absolute atomic E-state index is 9.44. The lowest BCUT2D eigenvalue weighted by atomic mass is 9.90. The molecule has 22 heavy (non-hydrogen) atoms. The summed E-state index contributed by atoms with van der Waals surface area (Å²) in [6, 6.07) is 6.64. The number of hydrogen-bond acceptors (Lipinski definition) is 2. The van der Waals surface area contributed by atoms with Crippen LogP contribution in [0.5, 0.6) is 0 Å². The van der Waals surface area contributed by atoms with Gasteiger partial charge in [-0.2, -0.15) is 5.26 Å². The van der Waals surface area contributed by atoms with E-state index in [1.807, 2.05) is 0 Å². The lowest BCUT2D eigenvalue weighted by molar-refractivity contribution is 0.202. The molecule has 0 bridgehead atoms. The SMILES string of the molecule is CCc1[nH]c(C#N)c(CCOC)c1-c1ccc(C)c(C)c1C. The lowest BCUT2D eigenvalue weighted by Gasteiger charge is -2.14. The number of benzene rings is 1. The first-order valence-electron chi connectivity index (χ1n) is 7.75. The molecule has 0 atom stereocenters. The number of aryl methyl sites for hydroxylation is 2. The van der Waals surface area contributed by atoms with Crippen molar-refractivity contribution in [2.45, 2.75) is 40.5 Å². The van der Waals surface area contributed by atoms with Gasteiger partial charge in [-0.25, -0.2) is 0 Å². The molecule has 1 aromatic heterocycles. The van der Waals surface area contributed by atoms with Gasteiger partial charge in [0.25, 0.3) is 0 Å². The molecule has 0 aliphatic rings. The highest BCUT2D eigenvalue weighted by Crippen LogP contribution is 2.35. The van der Waals surface area contributed by atoms with E-state index < -0.39 is 0 Å². The van der Waals surface area contributed by atoms with Crippen molar-refractivity contribution in [3.8, 4) is 17.2 Å². The second-order valence-electron chi connectivity index (χ2n) is 5.72. The van der Waals surface area contributed by atoms with Crippen LogP contribution >= 0.6 is 0 Å². The van der Waals surface area contributed by atoms with Gasteiger partial charge in [0.05, 0.1) is 6.61 Å². The third-order valence-corrected chi connectivity index (χ3v) is 4.53. The Morgan fingerprint density at radius 1 is 1.18 bits per heavy atom. The minimum atomic E-state index is 0.618. The van der Waals surface area contributed by atoms with Gasteiger partial charge < -0.3 is 9.72 Å². The monoisotopic (exact) mass is 296 g/mol. The van der Waals surface area contributed by atoms with E-state index in [1.54, 1.807) is 7.11 Å². The van der Waals surface area contributed by atoms with Crippen LogP contribution in [0, 0.1) is 32.1 Å². The Labute approximate surface area is 132 Å². The molecule has 1 heterocycles. The molecule has 0 fully saturated rings. The van der Waals surface area contributed by atoms with E-state index in [2.05, 4.69) is 50.9 Å². The van der Waals surface area contributed by atoms with E-state index in [1.165, 1.54) is 27.8 Å². The average Bonchev–Trinajstić information content (AvgIpc) is 2.88. The number of nitriles is 1. The van der Waals surface area contributed by atoms with E-state index in [4.69, 9.17) is 4.74 Å². The Hall–Kier alpha value is -2.05. The molecule has 0 spiro atoms. The van der Waals surface area contributed by atoms with Crippen molar-refractivity contribution in [1.29, 1.82) is 5.26 Å². The highest BCUT2D eigenvalue weighted by molar-refractivity contribution is 5.77. The van der Waals surface area contributed by atoms with Crippen LogP contribution < -0.4 is 0 Å². The summed E-state index contributed by atoms with van der Waals surface area (Å²) < 4.78 is 5.23. The zero-order chi connectivity index (χ0) is 16.3. The van der Waals surface area contributed by atoms with E-state index in [0.717, 1.165) is 24.1 Å². The van der Waals surface area contributed by atoms with Crippen LogP contribution in [0.1, 0.15) is 40.6 Å². The van der Waals surface area contributed by atoms with E-state index >= 15 is 0 Å². The minimum Gasteiger partial charge on any atom is -0.384 e. The summed E-state index contributed by atoms with van der Waals surface area (Å²) in [4.78, 5) is 3.30. The molecule has 2 rings (SSSR count). The molecule has 0 radical (unpaired) electrons. The van der Waals surface area contributed by atoms with Crippen LogP contribution in [0.2, 0.25) is 0 Å². The summed E-state index contributed by atoms with van der Waals surface area (Å²) in [6.07, 6.45) is 1.63. The summed E-state index contributed by atoms with van der Waals surface area (Å²) in [7, 11) is 1.69. The zero-order valence-corrected chi connectivity index (χ0v) is 14.1. The van der Waals surface area contributed by atoms with Crippen LogP contribution in [0.15, 0.2) is 12.1 Å². The molecule has 0 unspecified atom stereocenters. The van der Waals surface area contributed by atoms with Gasteiger partial charge in [-0.05, 0) is 61.4 Å². The summed E-state index contributed by atoms with van der Waals surface area (Å²) in [5.41, 5.74) is 9.20. The third kappa shape index (κ3) is 2.80. The maximum atomic E-state index is 9.44. The molecule has 116 valence electrons. The minimum absolute atomic E-state index is 0.618. The van der Waals surface area contributed by atoms with E-state index in [-0.39, 0.29) is 0 Å². The van der Waals surface area contributed by atoms with Gasteiger partial charge in [0.2, 0.25) is 0 Å². The molecule has 0 amide bonds. The predicted octanol–water partition coefficient (Wildman–Crippen LogP) is 4.23. The standard InChI is InChI=1S/C19H24N2O/c1-6-17-19(15-8-7-12(2)13(3)14(15)4)16(9-10-22-5)18(11-20)21-17/h7-8,21H,6,9-10H2,1-5H3. The Kier molecular flexibility index (Phi) is 5.05. The van der Waals surface area contributed by atoms with Crippen molar-refractivity contribution in [3.63, 3.8) is 0 Å². The summed E-state index contributed by atoms with van der Waals surface area (Å²) in [5.74, 6) is 0. The summed E-state index contributed by atoms with van der Waals surface area (Å²) in [5, 5.41) is 9.44. The Morgan fingerprint density at radius 3 is 2.50 bits per heavy atom. The molecule has 2 aromatic rings. The number of methoxy groups -OCH3 is 1. The van der Waals surface area contributed by atoms with Crippen molar-refractivity contribution in [1.82, 2.24) is 4.98 Å². The Morgan fingerprint density at radius 2 is 1.91 bits per heavy atom. The Bertz CT molecular complexity index is 720. The maximum Gasteiger partial charge on any atom is 0.121 e. The van der Waals surface area contributed by atoms with Crippen molar-refractivity contribution < 1.29 is 4.74 Å². The first-order chi connectivity index (χ1) is 10.5. The molecule has 0 saturated heterocycles. The molecular weight excluding hydrogens is 272 g/mol. The molecule has 3 nitrogen and oxygen atoms in total. The Balaban J connectivity index is 2.70. The van der Waals surface area contributed by atoms with Gasteiger partial charge in [0, 0.05) is 18.4 Å². The summed E-state index contributed by atoms with van der Waals surface area (Å²) in [6.45, 7) is 9.19. The molecular formula is C19H24N2O. The number of ether oxygens (including phenoxy) is 1. The number of nitrogens with one attached hydrogen (secondary N) is 1. The lowest BCUT2D eigenvalue weighted by Crippen LogP contribution is -1.99. The largest absolute Gasteiger partial charge is 0.384 e. The molecule has 0 aliphatic heterocycles. The quantitative estimate of drug-likeness (QED) is 0.897. The molecule has 1 N–H and O–H groups in total. The highest BCUT2D eigenvalue weighted by atomic mass is 16.5. The van der Waals surface area contributed by atoms with Crippen LogP contribution in [0.3, 0.4) is 0 Å². The van der Waals surface area contributed by atoms with Gasteiger partial charge in [-0.1, -0.05) is 19.1 Å². The smallest absolute Gasteiger partial charge is 0.121 e. The van der Waals surface area contributed by atoms with Gasteiger partial charge in [-0.3, -0.25) is 0 Å². The molecule has 3 heteroatoms. The van der Waals surface area contributed by atoms with Crippen molar-refractivity contribution in [3.05, 3.63) is 45.8 Å². The fraction of sp³-hybridized carbons (Fsp3) is 0.421. The first-order valence-corrected chi connectivity index (χ1v) is 7.75. The van der Waals surface area contributed by atoms with E-state index in [9.17, 15) is 5.26 Å².